The third-order valence-corrected chi connectivity index (χ3v) is 3.79. The average molecular weight is 364 g/mol. The molecule has 1 heterocycles. The number of benzene rings is 1. The van der Waals surface area contributed by atoms with E-state index in [9.17, 15) is 22.8 Å². The molecular formula is C14H9ClF3NO3S. The van der Waals surface area contributed by atoms with Gasteiger partial charge in [0.15, 0.2) is 6.61 Å². The largest absolute Gasteiger partial charge is 0.451 e. The molecule has 0 aliphatic heterocycles. The van der Waals surface area contributed by atoms with E-state index >= 15 is 0 Å². The number of nitrogens with one attached hydrogen (secondary N) is 1. The number of rotatable bonds is 4. The van der Waals surface area contributed by atoms with Crippen molar-refractivity contribution in [2.45, 2.75) is 6.18 Å². The zero-order valence-corrected chi connectivity index (χ0v) is 12.9. The van der Waals surface area contributed by atoms with Crippen LogP contribution in [-0.2, 0) is 15.7 Å². The van der Waals surface area contributed by atoms with E-state index in [2.05, 4.69) is 5.32 Å². The summed E-state index contributed by atoms with van der Waals surface area (Å²) in [5, 5.41) is 2.23. The maximum absolute atomic E-state index is 12.6. The molecule has 23 heavy (non-hydrogen) atoms. The number of thiophene rings is 1. The van der Waals surface area contributed by atoms with Gasteiger partial charge in [-0.1, -0.05) is 17.7 Å². The molecule has 9 heteroatoms. The van der Waals surface area contributed by atoms with E-state index in [0.717, 1.165) is 29.5 Å². The first-order chi connectivity index (χ1) is 10.8. The summed E-state index contributed by atoms with van der Waals surface area (Å²) < 4.78 is 42.8. The van der Waals surface area contributed by atoms with Crippen molar-refractivity contribution in [3.63, 3.8) is 0 Å². The second-order valence-corrected chi connectivity index (χ2v) is 6.02. The Labute approximate surface area is 137 Å². The van der Waals surface area contributed by atoms with E-state index in [1.165, 1.54) is 18.2 Å². The number of halogens is 4. The van der Waals surface area contributed by atoms with Crippen molar-refractivity contribution in [3.8, 4) is 0 Å². The van der Waals surface area contributed by atoms with E-state index in [1.807, 2.05) is 0 Å². The van der Waals surface area contributed by atoms with Gasteiger partial charge in [0.05, 0.1) is 9.90 Å². The monoisotopic (exact) mass is 363 g/mol. The summed E-state index contributed by atoms with van der Waals surface area (Å²) in [5.41, 5.74) is -0.930. The van der Waals surface area contributed by atoms with Crippen molar-refractivity contribution >= 4 is 40.5 Å². The summed E-state index contributed by atoms with van der Waals surface area (Å²) in [4.78, 5) is 23.4. The lowest BCUT2D eigenvalue weighted by Gasteiger charge is -2.10. The number of hydrogen-bond donors (Lipinski definition) is 1. The number of carbonyl (C=O) groups excluding carboxylic acids is 2. The summed E-state index contributed by atoms with van der Waals surface area (Å²) in [6, 6.07) is 7.09. The van der Waals surface area contributed by atoms with Gasteiger partial charge in [0.25, 0.3) is 5.91 Å². The normalized spacial score (nSPS) is 11.1. The highest BCUT2D eigenvalue weighted by Crippen LogP contribution is 2.30. The van der Waals surface area contributed by atoms with E-state index < -0.39 is 30.2 Å². The van der Waals surface area contributed by atoms with Gasteiger partial charge in [-0.2, -0.15) is 13.2 Å². The number of hydrogen-bond acceptors (Lipinski definition) is 4. The number of carbonyl (C=O) groups is 2. The fraction of sp³-hybridized carbons (Fsp3) is 0.143. The number of ether oxygens (including phenoxy) is 1. The van der Waals surface area contributed by atoms with Gasteiger partial charge in [-0.3, -0.25) is 4.79 Å². The van der Waals surface area contributed by atoms with Gasteiger partial charge in [-0.25, -0.2) is 4.79 Å². The zero-order valence-electron chi connectivity index (χ0n) is 11.3. The number of esters is 1. The molecule has 0 saturated carbocycles. The van der Waals surface area contributed by atoms with Gasteiger partial charge in [-0.15, -0.1) is 11.3 Å². The highest BCUT2D eigenvalue weighted by molar-refractivity contribution is 7.17. The molecule has 1 amide bonds. The first kappa shape index (κ1) is 17.3. The Morgan fingerprint density at radius 2 is 1.96 bits per heavy atom. The Morgan fingerprint density at radius 3 is 2.57 bits per heavy atom. The Bertz CT molecular complexity index is 730. The summed E-state index contributed by atoms with van der Waals surface area (Å²) >= 11 is 6.66. The molecule has 1 aromatic heterocycles. The van der Waals surface area contributed by atoms with Gasteiger partial charge in [0, 0.05) is 5.69 Å². The van der Waals surface area contributed by atoms with Crippen LogP contribution in [0, 0.1) is 0 Å². The van der Waals surface area contributed by atoms with Crippen molar-refractivity contribution in [3.05, 3.63) is 51.2 Å². The fourth-order valence-corrected chi connectivity index (χ4v) is 2.53. The molecular weight excluding hydrogens is 355 g/mol. The Hall–Kier alpha value is -2.06. The summed E-state index contributed by atoms with van der Waals surface area (Å²) in [6.45, 7) is -0.620. The Kier molecular flexibility index (Phi) is 5.27. The highest BCUT2D eigenvalue weighted by atomic mass is 35.5. The van der Waals surface area contributed by atoms with E-state index in [4.69, 9.17) is 16.3 Å². The van der Waals surface area contributed by atoms with Gasteiger partial charge < -0.3 is 10.1 Å². The van der Waals surface area contributed by atoms with Crippen LogP contribution in [0.1, 0.15) is 15.2 Å². The minimum Gasteiger partial charge on any atom is -0.451 e. The standard InChI is InChI=1S/C14H9ClF3NO3S/c15-11-5-4-10(23-11)13(21)22-7-12(20)19-9-3-1-2-8(6-9)14(16,17)18/h1-6H,7H2,(H,19,20). The van der Waals surface area contributed by atoms with Crippen molar-refractivity contribution in [1.29, 1.82) is 0 Å². The molecule has 0 aliphatic rings. The maximum atomic E-state index is 12.6. The molecule has 0 fully saturated rings. The van der Waals surface area contributed by atoms with Crippen LogP contribution < -0.4 is 5.32 Å². The summed E-state index contributed by atoms with van der Waals surface area (Å²) in [6.07, 6.45) is -4.51. The molecule has 0 spiro atoms. The molecule has 2 rings (SSSR count). The predicted molar refractivity (Wildman–Crippen MR) is 79.7 cm³/mol. The van der Waals surface area contributed by atoms with Crippen molar-refractivity contribution in [1.82, 2.24) is 0 Å². The van der Waals surface area contributed by atoms with Crippen molar-refractivity contribution < 1.29 is 27.5 Å². The topological polar surface area (TPSA) is 55.4 Å². The van der Waals surface area contributed by atoms with Gasteiger partial charge in [0.1, 0.15) is 4.88 Å². The van der Waals surface area contributed by atoms with E-state index in [0.29, 0.717) is 4.34 Å². The molecule has 2 aromatic rings. The minimum atomic E-state index is -4.51. The van der Waals surface area contributed by atoms with Gasteiger partial charge in [-0.05, 0) is 30.3 Å². The number of alkyl halides is 3. The second kappa shape index (κ2) is 7.01. The lowest BCUT2D eigenvalue weighted by Crippen LogP contribution is -2.20. The van der Waals surface area contributed by atoms with Crippen molar-refractivity contribution in [2.24, 2.45) is 0 Å². The summed E-state index contributed by atoms with van der Waals surface area (Å²) in [7, 11) is 0. The van der Waals surface area contributed by atoms with Crippen LogP contribution in [0.3, 0.4) is 0 Å². The highest BCUT2D eigenvalue weighted by Gasteiger charge is 2.30. The maximum Gasteiger partial charge on any atom is 0.416 e. The van der Waals surface area contributed by atoms with Crippen LogP contribution in [0.15, 0.2) is 36.4 Å². The van der Waals surface area contributed by atoms with Crippen LogP contribution in [0.5, 0.6) is 0 Å². The quantitative estimate of drug-likeness (QED) is 0.828. The van der Waals surface area contributed by atoms with Crippen LogP contribution in [0.2, 0.25) is 4.34 Å². The van der Waals surface area contributed by atoms with Gasteiger partial charge in [0.2, 0.25) is 0 Å². The first-order valence-electron chi connectivity index (χ1n) is 6.15. The fourth-order valence-electron chi connectivity index (χ4n) is 1.60. The lowest BCUT2D eigenvalue weighted by molar-refractivity contribution is -0.137. The number of amides is 1. The van der Waals surface area contributed by atoms with E-state index in [1.54, 1.807) is 0 Å². The second-order valence-electron chi connectivity index (χ2n) is 4.31. The smallest absolute Gasteiger partial charge is 0.416 e. The lowest BCUT2D eigenvalue weighted by atomic mass is 10.2. The molecule has 0 unspecified atom stereocenters. The van der Waals surface area contributed by atoms with Crippen LogP contribution in [0.25, 0.3) is 0 Å². The molecule has 0 bridgehead atoms. The first-order valence-corrected chi connectivity index (χ1v) is 7.35. The molecule has 1 N–H and O–H groups in total. The molecule has 0 atom stereocenters. The Morgan fingerprint density at radius 1 is 1.22 bits per heavy atom. The van der Waals surface area contributed by atoms with Crippen LogP contribution in [0.4, 0.5) is 18.9 Å². The molecule has 0 radical (unpaired) electrons. The number of anilines is 1. The molecule has 0 saturated heterocycles. The SMILES string of the molecule is O=C(COC(=O)c1ccc(Cl)s1)Nc1cccc(C(F)(F)F)c1. The van der Waals surface area contributed by atoms with E-state index in [-0.39, 0.29) is 10.6 Å². The van der Waals surface area contributed by atoms with Gasteiger partial charge >= 0.3 is 12.1 Å². The summed E-state index contributed by atoms with van der Waals surface area (Å²) in [5.74, 6) is -1.48. The Balaban J connectivity index is 1.91. The van der Waals surface area contributed by atoms with Crippen molar-refractivity contribution in [2.75, 3.05) is 11.9 Å². The molecule has 122 valence electrons. The minimum absolute atomic E-state index is 0.0416. The van der Waals surface area contributed by atoms with Crippen LogP contribution >= 0.6 is 22.9 Å². The molecule has 0 aliphatic carbocycles. The predicted octanol–water partition coefficient (Wildman–Crippen LogP) is 4.22. The zero-order chi connectivity index (χ0) is 17.0. The third-order valence-electron chi connectivity index (χ3n) is 2.58. The average Bonchev–Trinajstić information content (AvgIpc) is 2.91. The van der Waals surface area contributed by atoms with Crippen LogP contribution in [-0.4, -0.2) is 18.5 Å². The third kappa shape index (κ3) is 4.97. The molecule has 1 aromatic carbocycles. The molecule has 4 nitrogen and oxygen atoms in total.